The van der Waals surface area contributed by atoms with Gasteiger partial charge in [-0.25, -0.2) is 9.78 Å². The highest BCUT2D eigenvalue weighted by molar-refractivity contribution is 7.09. The highest BCUT2D eigenvalue weighted by Crippen LogP contribution is 2.12. The average Bonchev–Trinajstić information content (AvgIpc) is 2.90. The molecule has 0 aliphatic heterocycles. The number of phenols is 1. The van der Waals surface area contributed by atoms with Crippen LogP contribution in [0.3, 0.4) is 0 Å². The predicted octanol–water partition coefficient (Wildman–Crippen LogP) is 2.98. The zero-order chi connectivity index (χ0) is 15.9. The number of aryl methyl sites for hydroxylation is 2. The molecule has 0 spiro atoms. The standard InChI is InChI=1S/C16H21N3O2S/c1-11(3-4-13-5-7-15(20)8-6-13)18-16(21)17-9-14-10-22-12(2)19-14/h5-8,10-11,20H,3-4,9H2,1-2H3,(H2,17,18,21)/t11-/m0/s1. The van der Waals surface area contributed by atoms with Crippen molar-refractivity contribution in [2.45, 2.75) is 39.3 Å². The SMILES string of the molecule is Cc1nc(CNC(=O)N[C@@H](C)CCc2ccc(O)cc2)cs1. The van der Waals surface area contributed by atoms with E-state index < -0.39 is 0 Å². The lowest BCUT2D eigenvalue weighted by Crippen LogP contribution is -2.40. The number of nitrogens with zero attached hydrogens (tertiary/aromatic N) is 1. The van der Waals surface area contributed by atoms with Gasteiger partial charge >= 0.3 is 6.03 Å². The van der Waals surface area contributed by atoms with E-state index in [1.54, 1.807) is 23.5 Å². The van der Waals surface area contributed by atoms with Crippen LogP contribution < -0.4 is 10.6 Å². The number of amides is 2. The Hall–Kier alpha value is -2.08. The van der Waals surface area contributed by atoms with E-state index in [4.69, 9.17) is 0 Å². The summed E-state index contributed by atoms with van der Waals surface area (Å²) in [5, 5.41) is 17.9. The summed E-state index contributed by atoms with van der Waals surface area (Å²) < 4.78 is 0. The van der Waals surface area contributed by atoms with Crippen LogP contribution in [0.2, 0.25) is 0 Å². The first-order valence-corrected chi connectivity index (χ1v) is 8.14. The van der Waals surface area contributed by atoms with Gasteiger partial charge in [-0.1, -0.05) is 12.1 Å². The molecule has 1 atom stereocenters. The summed E-state index contributed by atoms with van der Waals surface area (Å²) in [5.41, 5.74) is 2.03. The van der Waals surface area contributed by atoms with E-state index in [9.17, 15) is 9.90 Å². The van der Waals surface area contributed by atoms with Gasteiger partial charge in [0.2, 0.25) is 0 Å². The number of nitrogens with one attached hydrogen (secondary N) is 2. The third-order valence-electron chi connectivity index (χ3n) is 3.28. The summed E-state index contributed by atoms with van der Waals surface area (Å²) in [4.78, 5) is 16.1. The number of phenolic OH excluding ortho intramolecular Hbond substituents is 1. The van der Waals surface area contributed by atoms with Crippen molar-refractivity contribution in [1.82, 2.24) is 15.6 Å². The van der Waals surface area contributed by atoms with Gasteiger partial charge in [0.15, 0.2) is 0 Å². The van der Waals surface area contributed by atoms with Crippen LogP contribution in [-0.2, 0) is 13.0 Å². The van der Waals surface area contributed by atoms with Gasteiger partial charge < -0.3 is 15.7 Å². The number of rotatable bonds is 6. The minimum absolute atomic E-state index is 0.0750. The molecule has 6 heteroatoms. The van der Waals surface area contributed by atoms with Crippen LogP contribution in [0.4, 0.5) is 4.79 Å². The molecule has 2 rings (SSSR count). The van der Waals surface area contributed by atoms with Gasteiger partial charge in [-0.05, 0) is 44.4 Å². The molecule has 0 bridgehead atoms. The second kappa shape index (κ2) is 7.79. The van der Waals surface area contributed by atoms with Gasteiger partial charge in [0.1, 0.15) is 5.75 Å². The molecule has 0 radical (unpaired) electrons. The van der Waals surface area contributed by atoms with Crippen LogP contribution in [0.15, 0.2) is 29.6 Å². The number of aromatic hydroxyl groups is 1. The zero-order valence-corrected chi connectivity index (χ0v) is 13.6. The van der Waals surface area contributed by atoms with E-state index in [1.165, 1.54) is 0 Å². The third-order valence-corrected chi connectivity index (χ3v) is 4.10. The Morgan fingerprint density at radius 2 is 2.09 bits per heavy atom. The zero-order valence-electron chi connectivity index (χ0n) is 12.8. The lowest BCUT2D eigenvalue weighted by atomic mass is 10.1. The number of aromatic nitrogens is 1. The smallest absolute Gasteiger partial charge is 0.315 e. The summed E-state index contributed by atoms with van der Waals surface area (Å²) in [5.74, 6) is 0.270. The molecule has 0 saturated carbocycles. The number of benzene rings is 1. The molecule has 5 nitrogen and oxygen atoms in total. The van der Waals surface area contributed by atoms with Gasteiger partial charge in [0.05, 0.1) is 17.2 Å². The molecule has 2 aromatic rings. The molecule has 1 heterocycles. The summed E-state index contributed by atoms with van der Waals surface area (Å²) in [6, 6.07) is 7.04. The Labute approximate surface area is 134 Å². The van der Waals surface area contributed by atoms with Crippen molar-refractivity contribution in [3.05, 3.63) is 45.9 Å². The minimum atomic E-state index is -0.177. The highest BCUT2D eigenvalue weighted by Gasteiger charge is 2.08. The molecule has 0 aliphatic rings. The Morgan fingerprint density at radius 3 is 2.73 bits per heavy atom. The highest BCUT2D eigenvalue weighted by atomic mass is 32.1. The van der Waals surface area contributed by atoms with E-state index in [2.05, 4.69) is 15.6 Å². The van der Waals surface area contributed by atoms with Crippen molar-refractivity contribution < 1.29 is 9.90 Å². The second-order valence-electron chi connectivity index (χ2n) is 5.29. The largest absolute Gasteiger partial charge is 0.508 e. The number of thiazole rings is 1. The van der Waals surface area contributed by atoms with E-state index in [0.717, 1.165) is 29.1 Å². The summed E-state index contributed by atoms with van der Waals surface area (Å²) in [6.07, 6.45) is 1.70. The first-order valence-electron chi connectivity index (χ1n) is 7.26. The normalized spacial score (nSPS) is 11.9. The molecule has 0 unspecified atom stereocenters. The molecule has 2 amide bonds. The van der Waals surface area contributed by atoms with Gasteiger partial charge in [0.25, 0.3) is 0 Å². The van der Waals surface area contributed by atoms with Crippen molar-refractivity contribution >= 4 is 17.4 Å². The fraction of sp³-hybridized carbons (Fsp3) is 0.375. The molecule has 118 valence electrons. The molecule has 1 aromatic heterocycles. The first kappa shape index (κ1) is 16.3. The maximum Gasteiger partial charge on any atom is 0.315 e. The lowest BCUT2D eigenvalue weighted by molar-refractivity contribution is 0.236. The maximum absolute atomic E-state index is 11.8. The lowest BCUT2D eigenvalue weighted by Gasteiger charge is -2.14. The molecular formula is C16H21N3O2S. The Bertz CT molecular complexity index is 610. The monoisotopic (exact) mass is 319 g/mol. The van der Waals surface area contributed by atoms with Gasteiger partial charge in [-0.2, -0.15) is 0 Å². The molecular weight excluding hydrogens is 298 g/mol. The van der Waals surface area contributed by atoms with Crippen LogP contribution in [-0.4, -0.2) is 22.2 Å². The number of carbonyl (C=O) groups excluding carboxylic acids is 1. The second-order valence-corrected chi connectivity index (χ2v) is 6.35. The summed E-state index contributed by atoms with van der Waals surface area (Å²) >= 11 is 1.58. The number of urea groups is 1. The van der Waals surface area contributed by atoms with Crippen molar-refractivity contribution in [2.24, 2.45) is 0 Å². The van der Waals surface area contributed by atoms with Crippen LogP contribution in [0.5, 0.6) is 5.75 Å². The van der Waals surface area contributed by atoms with Crippen molar-refractivity contribution in [3.63, 3.8) is 0 Å². The Balaban J connectivity index is 1.68. The summed E-state index contributed by atoms with van der Waals surface area (Å²) in [6.45, 7) is 4.37. The number of hydrogen-bond donors (Lipinski definition) is 3. The molecule has 0 fully saturated rings. The number of carbonyl (C=O) groups is 1. The van der Waals surface area contributed by atoms with Crippen LogP contribution >= 0.6 is 11.3 Å². The Kier molecular flexibility index (Phi) is 5.77. The molecule has 0 aliphatic carbocycles. The first-order chi connectivity index (χ1) is 10.5. The van der Waals surface area contributed by atoms with Gasteiger partial charge in [-0.3, -0.25) is 0 Å². The average molecular weight is 319 g/mol. The topological polar surface area (TPSA) is 74.2 Å². The van der Waals surface area contributed by atoms with E-state index >= 15 is 0 Å². The molecule has 22 heavy (non-hydrogen) atoms. The third kappa shape index (κ3) is 5.37. The Morgan fingerprint density at radius 1 is 1.36 bits per heavy atom. The predicted molar refractivity (Wildman–Crippen MR) is 88.1 cm³/mol. The van der Waals surface area contributed by atoms with Crippen molar-refractivity contribution in [2.75, 3.05) is 0 Å². The summed E-state index contributed by atoms with van der Waals surface area (Å²) in [7, 11) is 0. The van der Waals surface area contributed by atoms with Crippen LogP contribution in [0, 0.1) is 6.92 Å². The van der Waals surface area contributed by atoms with E-state index in [1.807, 2.05) is 31.4 Å². The maximum atomic E-state index is 11.8. The fourth-order valence-electron chi connectivity index (χ4n) is 2.05. The quantitative estimate of drug-likeness (QED) is 0.766. The van der Waals surface area contributed by atoms with E-state index in [-0.39, 0.29) is 17.8 Å². The van der Waals surface area contributed by atoms with Gasteiger partial charge in [0, 0.05) is 11.4 Å². The van der Waals surface area contributed by atoms with Crippen LogP contribution in [0.25, 0.3) is 0 Å². The minimum Gasteiger partial charge on any atom is -0.508 e. The van der Waals surface area contributed by atoms with Crippen LogP contribution in [0.1, 0.15) is 29.6 Å². The molecule has 3 N–H and O–H groups in total. The van der Waals surface area contributed by atoms with E-state index in [0.29, 0.717) is 6.54 Å². The van der Waals surface area contributed by atoms with Crippen molar-refractivity contribution in [3.8, 4) is 5.75 Å². The molecule has 1 aromatic carbocycles. The molecule has 0 saturated heterocycles. The fourth-order valence-corrected chi connectivity index (χ4v) is 2.67. The van der Waals surface area contributed by atoms with Crippen molar-refractivity contribution in [1.29, 1.82) is 0 Å². The van der Waals surface area contributed by atoms with Gasteiger partial charge in [-0.15, -0.1) is 11.3 Å². The number of hydrogen-bond acceptors (Lipinski definition) is 4.